The number of nitrogens with one attached hydrogen (secondary N) is 2. The van der Waals surface area contributed by atoms with Gasteiger partial charge in [-0.15, -0.1) is 0 Å². The molecule has 1 aromatic heterocycles. The number of amides is 4. The number of benzene rings is 1. The van der Waals surface area contributed by atoms with Crippen molar-refractivity contribution in [1.29, 1.82) is 0 Å². The molecule has 0 spiro atoms. The summed E-state index contributed by atoms with van der Waals surface area (Å²) < 4.78 is 0. The number of aromatic nitrogens is 1. The van der Waals surface area contributed by atoms with Crippen molar-refractivity contribution in [3.63, 3.8) is 0 Å². The topological polar surface area (TPSA) is 94.6 Å². The molecule has 8 heteroatoms. The molecule has 4 rings (SSSR count). The summed E-state index contributed by atoms with van der Waals surface area (Å²) in [4.78, 5) is 46.1. The predicted molar refractivity (Wildman–Crippen MR) is 116 cm³/mol. The smallest absolute Gasteiger partial charge is 0.324 e. The van der Waals surface area contributed by atoms with Crippen molar-refractivity contribution in [2.24, 2.45) is 0 Å². The minimum Gasteiger partial charge on any atom is -0.324 e. The number of hydrogen-bond donors (Lipinski definition) is 2. The summed E-state index contributed by atoms with van der Waals surface area (Å²) in [5.74, 6) is -0.518. The van der Waals surface area contributed by atoms with Crippen molar-refractivity contribution < 1.29 is 14.4 Å². The molecule has 4 amide bonds. The van der Waals surface area contributed by atoms with E-state index in [0.29, 0.717) is 13.0 Å². The molecule has 3 heterocycles. The van der Waals surface area contributed by atoms with Crippen molar-refractivity contribution >= 4 is 23.5 Å². The van der Waals surface area contributed by atoms with Crippen molar-refractivity contribution in [3.8, 4) is 0 Å². The second-order valence-electron chi connectivity index (χ2n) is 8.15. The largest absolute Gasteiger partial charge is 0.327 e. The van der Waals surface area contributed by atoms with Gasteiger partial charge in [0.05, 0.1) is 12.6 Å². The molecule has 2 unspecified atom stereocenters. The maximum Gasteiger partial charge on any atom is 0.327 e. The summed E-state index contributed by atoms with van der Waals surface area (Å²) in [5.41, 5.74) is 3.45. The molecule has 0 aliphatic carbocycles. The van der Waals surface area contributed by atoms with Crippen LogP contribution in [0, 0.1) is 13.8 Å². The third kappa shape index (κ3) is 4.29. The van der Waals surface area contributed by atoms with E-state index in [-0.39, 0.29) is 30.9 Å². The maximum absolute atomic E-state index is 13.3. The Balaban J connectivity index is 1.56. The number of piperidine rings is 1. The molecule has 2 atom stereocenters. The van der Waals surface area contributed by atoms with Crippen LogP contribution in [-0.2, 0) is 16.1 Å². The Labute approximate surface area is 181 Å². The monoisotopic (exact) mass is 421 g/mol. The Morgan fingerprint density at radius 1 is 1.19 bits per heavy atom. The van der Waals surface area contributed by atoms with E-state index in [4.69, 9.17) is 0 Å². The van der Waals surface area contributed by atoms with E-state index in [2.05, 4.69) is 15.6 Å². The first-order valence-corrected chi connectivity index (χ1v) is 10.6. The van der Waals surface area contributed by atoms with Crippen LogP contribution in [0.3, 0.4) is 0 Å². The van der Waals surface area contributed by atoms with Gasteiger partial charge in [0, 0.05) is 18.1 Å². The molecule has 2 aliphatic heterocycles. The number of anilines is 1. The molecule has 2 fully saturated rings. The van der Waals surface area contributed by atoms with E-state index < -0.39 is 12.1 Å². The zero-order valence-electron chi connectivity index (χ0n) is 17.8. The summed E-state index contributed by atoms with van der Waals surface area (Å²) in [5, 5.41) is 6.20. The van der Waals surface area contributed by atoms with Gasteiger partial charge in [0.15, 0.2) is 0 Å². The fourth-order valence-electron chi connectivity index (χ4n) is 4.37. The first-order valence-electron chi connectivity index (χ1n) is 10.6. The molecule has 2 aliphatic rings. The van der Waals surface area contributed by atoms with Crippen molar-refractivity contribution in [2.75, 3.05) is 18.4 Å². The molecule has 31 heavy (non-hydrogen) atoms. The molecule has 8 nitrogen and oxygen atoms in total. The van der Waals surface area contributed by atoms with E-state index in [0.717, 1.165) is 28.8 Å². The van der Waals surface area contributed by atoms with Gasteiger partial charge in [-0.2, -0.15) is 0 Å². The average molecular weight is 422 g/mol. The Kier molecular flexibility index (Phi) is 5.99. The molecular formula is C23H27N5O3. The van der Waals surface area contributed by atoms with Gasteiger partial charge in [0.2, 0.25) is 11.8 Å². The molecule has 1 aromatic carbocycles. The predicted octanol–water partition coefficient (Wildman–Crippen LogP) is 2.22. The Hall–Kier alpha value is -3.26. The van der Waals surface area contributed by atoms with Crippen molar-refractivity contribution in [2.45, 2.75) is 45.3 Å². The fourth-order valence-corrected chi connectivity index (χ4v) is 4.37. The average Bonchev–Trinajstić information content (AvgIpc) is 2.77. The number of para-hydroxylation sites is 1. The minimum atomic E-state index is -0.504. The molecular weight excluding hydrogens is 394 g/mol. The van der Waals surface area contributed by atoms with E-state index in [1.807, 2.05) is 38.1 Å². The highest BCUT2D eigenvalue weighted by molar-refractivity contribution is 6.03. The number of urea groups is 1. The first kappa shape index (κ1) is 21.0. The lowest BCUT2D eigenvalue weighted by Gasteiger charge is -2.46. The quantitative estimate of drug-likeness (QED) is 0.772. The van der Waals surface area contributed by atoms with Crippen LogP contribution in [0.2, 0.25) is 0 Å². The summed E-state index contributed by atoms with van der Waals surface area (Å²) >= 11 is 0. The highest BCUT2D eigenvalue weighted by Gasteiger charge is 2.47. The van der Waals surface area contributed by atoms with Crippen molar-refractivity contribution in [3.05, 3.63) is 59.4 Å². The van der Waals surface area contributed by atoms with Gasteiger partial charge in [-0.05, 0) is 56.0 Å². The van der Waals surface area contributed by atoms with E-state index in [1.165, 1.54) is 9.80 Å². The van der Waals surface area contributed by atoms with E-state index in [9.17, 15) is 14.4 Å². The number of nitrogens with zero attached hydrogens (tertiary/aromatic N) is 3. The normalized spacial score (nSPS) is 21.1. The van der Waals surface area contributed by atoms with E-state index in [1.54, 1.807) is 18.5 Å². The van der Waals surface area contributed by atoms with Crippen LogP contribution in [0.5, 0.6) is 0 Å². The number of rotatable bonds is 5. The second-order valence-corrected chi connectivity index (χ2v) is 8.15. The molecule has 0 radical (unpaired) electrons. The zero-order valence-corrected chi connectivity index (χ0v) is 17.8. The highest BCUT2D eigenvalue weighted by atomic mass is 16.2. The highest BCUT2D eigenvalue weighted by Crippen LogP contribution is 2.26. The maximum atomic E-state index is 13.3. The lowest BCUT2D eigenvalue weighted by molar-refractivity contribution is -0.138. The summed E-state index contributed by atoms with van der Waals surface area (Å²) in [6, 6.07) is 8.13. The molecule has 2 N–H and O–H groups in total. The number of fused-ring (bicyclic) bond motifs is 1. The van der Waals surface area contributed by atoms with Gasteiger partial charge in [-0.1, -0.05) is 24.3 Å². The van der Waals surface area contributed by atoms with Gasteiger partial charge >= 0.3 is 6.03 Å². The van der Waals surface area contributed by atoms with Crippen LogP contribution >= 0.6 is 0 Å². The van der Waals surface area contributed by atoms with Gasteiger partial charge in [0.1, 0.15) is 12.6 Å². The van der Waals surface area contributed by atoms with Crippen LogP contribution in [0.25, 0.3) is 0 Å². The molecule has 0 saturated carbocycles. The summed E-state index contributed by atoms with van der Waals surface area (Å²) in [6.07, 6.45) is 4.82. The van der Waals surface area contributed by atoms with Crippen LogP contribution in [-0.4, -0.2) is 57.8 Å². The number of carbonyl (C=O) groups is 3. The number of pyridine rings is 1. The lowest BCUT2D eigenvalue weighted by Crippen LogP contribution is -2.70. The number of carbonyl (C=O) groups excluding carboxylic acids is 3. The van der Waals surface area contributed by atoms with Gasteiger partial charge in [0.25, 0.3) is 0 Å². The number of imide groups is 1. The van der Waals surface area contributed by atoms with E-state index >= 15 is 0 Å². The van der Waals surface area contributed by atoms with Crippen LogP contribution in [0.15, 0.2) is 42.7 Å². The number of hydrogen-bond acceptors (Lipinski definition) is 5. The Bertz CT molecular complexity index is 974. The fraction of sp³-hybridized carbons (Fsp3) is 0.391. The number of aryl methyl sites for hydroxylation is 2. The standard InChI is InChI=1S/C23H27N5O3/c1-15-6-3-7-16(2)20(15)26-19(29)14-27-18-9-5-11-25-21(18)22(30)28(23(27)31)13-17-8-4-10-24-12-17/h3-4,6-8,10,12,18,21,25H,5,9,11,13-14H2,1-2H3,(H,26,29). The van der Waals surface area contributed by atoms with Crippen molar-refractivity contribution in [1.82, 2.24) is 20.1 Å². The lowest BCUT2D eigenvalue weighted by atomic mass is 9.93. The van der Waals surface area contributed by atoms with Crippen LogP contribution in [0.1, 0.15) is 29.5 Å². The third-order valence-corrected chi connectivity index (χ3v) is 5.96. The second kappa shape index (κ2) is 8.85. The molecule has 162 valence electrons. The Morgan fingerprint density at radius 2 is 1.97 bits per heavy atom. The Morgan fingerprint density at radius 3 is 2.68 bits per heavy atom. The summed E-state index contributed by atoms with van der Waals surface area (Å²) in [7, 11) is 0. The molecule has 2 aromatic rings. The first-order chi connectivity index (χ1) is 15.0. The van der Waals surface area contributed by atoms with Gasteiger partial charge < -0.3 is 15.5 Å². The molecule has 0 bridgehead atoms. The molecule has 2 saturated heterocycles. The zero-order chi connectivity index (χ0) is 22.0. The van der Waals surface area contributed by atoms with Crippen LogP contribution in [0.4, 0.5) is 10.5 Å². The SMILES string of the molecule is Cc1cccc(C)c1NC(=O)CN1C(=O)N(Cc2cccnc2)C(=O)C2NCCCC21. The van der Waals surface area contributed by atoms with Gasteiger partial charge in [-0.3, -0.25) is 19.5 Å². The van der Waals surface area contributed by atoms with Gasteiger partial charge in [-0.25, -0.2) is 4.79 Å². The third-order valence-electron chi connectivity index (χ3n) is 5.96. The van der Waals surface area contributed by atoms with Crippen LogP contribution < -0.4 is 10.6 Å². The minimum absolute atomic E-state index is 0.105. The summed E-state index contributed by atoms with van der Waals surface area (Å²) in [6.45, 7) is 4.61.